The molecule has 0 aromatic carbocycles. The van der Waals surface area contributed by atoms with Gasteiger partial charge in [0.05, 0.1) is 25.4 Å². The van der Waals surface area contributed by atoms with Crippen LogP contribution in [0, 0.1) is 0 Å². The highest BCUT2D eigenvalue weighted by atomic mass is 16.5. The molecule has 0 radical (unpaired) electrons. The van der Waals surface area contributed by atoms with E-state index in [2.05, 4.69) is 22.1 Å². The van der Waals surface area contributed by atoms with E-state index in [9.17, 15) is 9.59 Å². The second-order valence-electron chi connectivity index (χ2n) is 7.22. The largest absolute Gasteiger partial charge is 0.464 e. The summed E-state index contributed by atoms with van der Waals surface area (Å²) in [5, 5.41) is 8.00. The zero-order valence-electron chi connectivity index (χ0n) is 15.8. The van der Waals surface area contributed by atoms with E-state index in [0.717, 1.165) is 45.4 Å². The molecule has 1 aromatic rings. The number of rotatable bonds is 5. The molecule has 26 heavy (non-hydrogen) atoms. The molecule has 8 nitrogen and oxygen atoms in total. The molecule has 0 unspecified atom stereocenters. The molecule has 0 bridgehead atoms. The monoisotopic (exact) mass is 363 g/mol. The Hall–Kier alpha value is -1.96. The second-order valence-corrected chi connectivity index (χ2v) is 7.22. The van der Waals surface area contributed by atoms with Gasteiger partial charge in [0.2, 0.25) is 5.91 Å². The lowest BCUT2D eigenvalue weighted by atomic mass is 10.1. The lowest BCUT2D eigenvalue weighted by Crippen LogP contribution is -2.46. The summed E-state index contributed by atoms with van der Waals surface area (Å²) in [6.45, 7) is 5.51. The van der Waals surface area contributed by atoms with E-state index in [4.69, 9.17) is 4.74 Å². The maximum atomic E-state index is 13.1. The minimum absolute atomic E-state index is 0.0494. The predicted molar refractivity (Wildman–Crippen MR) is 95.7 cm³/mol. The van der Waals surface area contributed by atoms with Gasteiger partial charge in [-0.2, -0.15) is 0 Å². The standard InChI is InChI=1S/C18H29N5O3/c1-3-8-22-12-14(23-13-15(19-20-23)18(25)26-2)11-16(22)17(24)21-9-6-4-5-7-10-21/h13-14,16H,3-12H2,1-2H3/t14-,16-/m0/s1. The van der Waals surface area contributed by atoms with Gasteiger partial charge in [0.1, 0.15) is 0 Å². The van der Waals surface area contributed by atoms with E-state index >= 15 is 0 Å². The van der Waals surface area contributed by atoms with Crippen LogP contribution >= 0.6 is 0 Å². The van der Waals surface area contributed by atoms with Crippen molar-refractivity contribution in [3.63, 3.8) is 0 Å². The number of esters is 1. The van der Waals surface area contributed by atoms with Crippen molar-refractivity contribution in [2.24, 2.45) is 0 Å². The highest BCUT2D eigenvalue weighted by Crippen LogP contribution is 2.29. The molecule has 1 amide bonds. The van der Waals surface area contributed by atoms with Crippen molar-refractivity contribution in [3.8, 4) is 0 Å². The first kappa shape index (κ1) is 18.8. The van der Waals surface area contributed by atoms with Crippen molar-refractivity contribution in [1.82, 2.24) is 24.8 Å². The molecule has 0 saturated carbocycles. The number of amides is 1. The van der Waals surface area contributed by atoms with E-state index in [1.165, 1.54) is 20.0 Å². The van der Waals surface area contributed by atoms with E-state index in [1.807, 2.05) is 4.90 Å². The van der Waals surface area contributed by atoms with Gasteiger partial charge in [-0.1, -0.05) is 25.0 Å². The number of hydrogen-bond donors (Lipinski definition) is 0. The van der Waals surface area contributed by atoms with Crippen molar-refractivity contribution in [2.45, 2.75) is 57.5 Å². The Kier molecular flexibility index (Phi) is 6.24. The average Bonchev–Trinajstić information content (AvgIpc) is 3.21. The topological polar surface area (TPSA) is 80.6 Å². The van der Waals surface area contributed by atoms with Gasteiger partial charge in [-0.05, 0) is 32.2 Å². The Morgan fingerprint density at radius 2 is 1.96 bits per heavy atom. The zero-order valence-corrected chi connectivity index (χ0v) is 15.8. The Balaban J connectivity index is 1.72. The SMILES string of the molecule is CCCN1C[C@@H](n2cc(C(=O)OC)nn2)C[C@H]1C(=O)N1CCCCCC1. The third-order valence-corrected chi connectivity index (χ3v) is 5.37. The molecule has 3 heterocycles. The first-order valence-electron chi connectivity index (χ1n) is 9.67. The molecule has 1 aromatic heterocycles. The molecular formula is C18H29N5O3. The third kappa shape index (κ3) is 4.06. The summed E-state index contributed by atoms with van der Waals surface area (Å²) in [4.78, 5) is 29.1. The summed E-state index contributed by atoms with van der Waals surface area (Å²) in [7, 11) is 1.33. The first-order valence-corrected chi connectivity index (χ1v) is 9.67. The predicted octanol–water partition coefficient (Wildman–Crippen LogP) is 1.49. The van der Waals surface area contributed by atoms with Crippen LogP contribution in [-0.4, -0.2) is 76.0 Å². The van der Waals surface area contributed by atoms with Crippen LogP contribution in [0.15, 0.2) is 6.20 Å². The minimum atomic E-state index is -0.489. The number of aromatic nitrogens is 3. The van der Waals surface area contributed by atoms with Crippen LogP contribution in [0.4, 0.5) is 0 Å². The molecule has 2 fully saturated rings. The fourth-order valence-corrected chi connectivity index (χ4v) is 4.02. The zero-order chi connectivity index (χ0) is 18.5. The summed E-state index contributed by atoms with van der Waals surface area (Å²) < 4.78 is 6.41. The molecular weight excluding hydrogens is 334 g/mol. The minimum Gasteiger partial charge on any atom is -0.464 e. The van der Waals surface area contributed by atoms with Crippen molar-refractivity contribution in [2.75, 3.05) is 33.3 Å². The number of likely N-dealkylation sites (tertiary alicyclic amines) is 2. The highest BCUT2D eigenvalue weighted by molar-refractivity contribution is 5.86. The molecule has 2 aliphatic rings. The lowest BCUT2D eigenvalue weighted by Gasteiger charge is -2.29. The van der Waals surface area contributed by atoms with Gasteiger partial charge in [0.15, 0.2) is 5.69 Å². The van der Waals surface area contributed by atoms with Gasteiger partial charge in [-0.3, -0.25) is 9.69 Å². The van der Waals surface area contributed by atoms with Crippen molar-refractivity contribution in [1.29, 1.82) is 0 Å². The second kappa shape index (κ2) is 8.62. The maximum absolute atomic E-state index is 13.1. The Morgan fingerprint density at radius 1 is 1.23 bits per heavy atom. The van der Waals surface area contributed by atoms with Gasteiger partial charge in [0.25, 0.3) is 0 Å². The molecule has 8 heteroatoms. The van der Waals surface area contributed by atoms with Gasteiger partial charge in [0, 0.05) is 19.6 Å². The van der Waals surface area contributed by atoms with Crippen LogP contribution in [0.25, 0.3) is 0 Å². The molecule has 0 spiro atoms. The summed E-state index contributed by atoms with van der Waals surface area (Å²) >= 11 is 0. The molecule has 2 atom stereocenters. The maximum Gasteiger partial charge on any atom is 0.360 e. The number of nitrogens with zero attached hydrogens (tertiary/aromatic N) is 5. The van der Waals surface area contributed by atoms with E-state index in [-0.39, 0.29) is 23.7 Å². The quantitative estimate of drug-likeness (QED) is 0.738. The molecule has 2 saturated heterocycles. The Bertz CT molecular complexity index is 624. The molecule has 0 aliphatic carbocycles. The Morgan fingerprint density at radius 3 is 2.62 bits per heavy atom. The van der Waals surface area contributed by atoms with Crippen LogP contribution < -0.4 is 0 Å². The number of hydrogen-bond acceptors (Lipinski definition) is 6. The van der Waals surface area contributed by atoms with Crippen LogP contribution in [0.1, 0.15) is 62.0 Å². The average molecular weight is 363 g/mol. The fraction of sp³-hybridized carbons (Fsp3) is 0.778. The number of carbonyl (C=O) groups excluding carboxylic acids is 2. The summed E-state index contributed by atoms with van der Waals surface area (Å²) in [6.07, 6.45) is 7.96. The summed E-state index contributed by atoms with van der Waals surface area (Å²) in [5.74, 6) is -0.243. The molecule has 3 rings (SSSR count). The van der Waals surface area contributed by atoms with Crippen LogP contribution in [0.5, 0.6) is 0 Å². The van der Waals surface area contributed by atoms with Crippen LogP contribution in [0.3, 0.4) is 0 Å². The van der Waals surface area contributed by atoms with Gasteiger partial charge in [-0.25, -0.2) is 9.48 Å². The summed E-state index contributed by atoms with van der Waals surface area (Å²) in [6, 6.07) is -0.0581. The first-order chi connectivity index (χ1) is 12.6. The Labute approximate surface area is 154 Å². The number of carbonyl (C=O) groups is 2. The smallest absolute Gasteiger partial charge is 0.360 e. The normalized spacial score (nSPS) is 24.5. The molecule has 0 N–H and O–H groups in total. The van der Waals surface area contributed by atoms with Crippen molar-refractivity contribution >= 4 is 11.9 Å². The number of ether oxygens (including phenoxy) is 1. The van der Waals surface area contributed by atoms with E-state index in [1.54, 1.807) is 10.9 Å². The van der Waals surface area contributed by atoms with Crippen molar-refractivity contribution < 1.29 is 14.3 Å². The van der Waals surface area contributed by atoms with Gasteiger partial charge < -0.3 is 9.64 Å². The molecule has 144 valence electrons. The summed E-state index contributed by atoms with van der Waals surface area (Å²) in [5.41, 5.74) is 0.205. The van der Waals surface area contributed by atoms with E-state index < -0.39 is 5.97 Å². The van der Waals surface area contributed by atoms with Gasteiger partial charge in [-0.15, -0.1) is 5.10 Å². The van der Waals surface area contributed by atoms with Crippen molar-refractivity contribution in [3.05, 3.63) is 11.9 Å². The van der Waals surface area contributed by atoms with Crippen LogP contribution in [-0.2, 0) is 9.53 Å². The highest BCUT2D eigenvalue weighted by Gasteiger charge is 2.39. The van der Waals surface area contributed by atoms with Crippen LogP contribution in [0.2, 0.25) is 0 Å². The molecule has 2 aliphatic heterocycles. The third-order valence-electron chi connectivity index (χ3n) is 5.37. The number of methoxy groups -OCH3 is 1. The lowest BCUT2D eigenvalue weighted by molar-refractivity contribution is -0.136. The van der Waals surface area contributed by atoms with Gasteiger partial charge >= 0.3 is 5.97 Å². The van der Waals surface area contributed by atoms with E-state index in [0.29, 0.717) is 6.42 Å². The fourth-order valence-electron chi connectivity index (χ4n) is 4.02.